The SMILES string of the molecule is Cc1ccccc1N1N=C(C(C)C)C(CCN)C1=O. The molecule has 1 atom stereocenters. The predicted molar refractivity (Wildman–Crippen MR) is 78.1 cm³/mol. The third-order valence-electron chi connectivity index (χ3n) is 3.47. The van der Waals surface area contributed by atoms with E-state index in [4.69, 9.17) is 5.73 Å². The molecule has 0 radical (unpaired) electrons. The minimum Gasteiger partial charge on any atom is -0.330 e. The summed E-state index contributed by atoms with van der Waals surface area (Å²) in [5, 5.41) is 6.09. The fourth-order valence-corrected chi connectivity index (χ4v) is 2.44. The smallest absolute Gasteiger partial charge is 0.256 e. The lowest BCUT2D eigenvalue weighted by atomic mass is 9.92. The number of rotatable bonds is 4. The van der Waals surface area contributed by atoms with Crippen molar-refractivity contribution in [2.45, 2.75) is 27.2 Å². The molecule has 0 saturated heterocycles. The van der Waals surface area contributed by atoms with Crippen LogP contribution in [0.25, 0.3) is 0 Å². The number of aryl methyl sites for hydroxylation is 1. The number of para-hydroxylation sites is 1. The lowest BCUT2D eigenvalue weighted by Gasteiger charge is -2.16. The molecule has 102 valence electrons. The largest absolute Gasteiger partial charge is 0.330 e. The molecular weight excluding hydrogens is 238 g/mol. The molecule has 0 bridgehead atoms. The average molecular weight is 259 g/mol. The van der Waals surface area contributed by atoms with Gasteiger partial charge in [-0.1, -0.05) is 32.0 Å². The maximum Gasteiger partial charge on any atom is 0.256 e. The van der Waals surface area contributed by atoms with Crippen LogP contribution in [0.3, 0.4) is 0 Å². The Labute approximate surface area is 114 Å². The van der Waals surface area contributed by atoms with Crippen molar-refractivity contribution >= 4 is 17.3 Å². The Morgan fingerprint density at radius 1 is 1.37 bits per heavy atom. The van der Waals surface area contributed by atoms with E-state index in [0.29, 0.717) is 13.0 Å². The zero-order valence-corrected chi connectivity index (χ0v) is 11.8. The highest BCUT2D eigenvalue weighted by atomic mass is 16.2. The van der Waals surface area contributed by atoms with E-state index in [0.717, 1.165) is 17.0 Å². The van der Waals surface area contributed by atoms with Crippen molar-refractivity contribution < 1.29 is 4.79 Å². The Hall–Kier alpha value is -1.68. The fourth-order valence-electron chi connectivity index (χ4n) is 2.44. The molecule has 1 heterocycles. The molecule has 2 N–H and O–H groups in total. The summed E-state index contributed by atoms with van der Waals surface area (Å²) in [6, 6.07) is 7.81. The lowest BCUT2D eigenvalue weighted by molar-refractivity contribution is -0.119. The summed E-state index contributed by atoms with van der Waals surface area (Å²) in [6.07, 6.45) is 0.665. The number of amides is 1. The summed E-state index contributed by atoms with van der Waals surface area (Å²) in [5.41, 5.74) is 8.48. The van der Waals surface area contributed by atoms with Gasteiger partial charge in [0, 0.05) is 0 Å². The third kappa shape index (κ3) is 2.54. The van der Waals surface area contributed by atoms with Crippen molar-refractivity contribution in [3.05, 3.63) is 29.8 Å². The van der Waals surface area contributed by atoms with Gasteiger partial charge in [0.15, 0.2) is 0 Å². The summed E-state index contributed by atoms with van der Waals surface area (Å²) in [7, 11) is 0. The standard InChI is InChI=1S/C15H21N3O/c1-10(2)14-12(8-9-16)15(19)18(17-14)13-7-5-4-6-11(13)3/h4-7,10,12H,8-9,16H2,1-3H3. The third-order valence-corrected chi connectivity index (χ3v) is 3.47. The monoisotopic (exact) mass is 259 g/mol. The highest BCUT2D eigenvalue weighted by Crippen LogP contribution is 2.30. The highest BCUT2D eigenvalue weighted by molar-refractivity contribution is 6.16. The van der Waals surface area contributed by atoms with Crippen LogP contribution >= 0.6 is 0 Å². The van der Waals surface area contributed by atoms with Gasteiger partial charge in [-0.15, -0.1) is 0 Å². The molecule has 0 saturated carbocycles. The van der Waals surface area contributed by atoms with E-state index in [2.05, 4.69) is 18.9 Å². The molecule has 1 aliphatic heterocycles. The normalized spacial score (nSPS) is 19.2. The van der Waals surface area contributed by atoms with Gasteiger partial charge in [-0.3, -0.25) is 4.79 Å². The van der Waals surface area contributed by atoms with Crippen molar-refractivity contribution in [2.24, 2.45) is 22.7 Å². The summed E-state index contributed by atoms with van der Waals surface area (Å²) < 4.78 is 0. The molecule has 19 heavy (non-hydrogen) atoms. The Morgan fingerprint density at radius 3 is 2.63 bits per heavy atom. The minimum absolute atomic E-state index is 0.0449. The highest BCUT2D eigenvalue weighted by Gasteiger charge is 2.37. The number of nitrogens with two attached hydrogens (primary N) is 1. The van der Waals surface area contributed by atoms with Gasteiger partial charge in [-0.05, 0) is 37.4 Å². The molecule has 0 aliphatic carbocycles. The number of hydrazone groups is 1. The van der Waals surface area contributed by atoms with E-state index in [-0.39, 0.29) is 17.7 Å². The maximum absolute atomic E-state index is 12.5. The summed E-state index contributed by atoms with van der Waals surface area (Å²) >= 11 is 0. The van der Waals surface area contributed by atoms with Crippen LogP contribution in [0.15, 0.2) is 29.4 Å². The van der Waals surface area contributed by atoms with E-state index in [1.165, 1.54) is 0 Å². The van der Waals surface area contributed by atoms with E-state index in [1.807, 2.05) is 31.2 Å². The van der Waals surface area contributed by atoms with Gasteiger partial charge in [0.05, 0.1) is 17.3 Å². The van der Waals surface area contributed by atoms with Crippen LogP contribution in [0.5, 0.6) is 0 Å². The molecule has 1 aromatic rings. The van der Waals surface area contributed by atoms with Gasteiger partial charge in [-0.25, -0.2) is 0 Å². The molecule has 1 unspecified atom stereocenters. The molecule has 4 nitrogen and oxygen atoms in total. The first-order valence-corrected chi connectivity index (χ1v) is 6.74. The number of benzene rings is 1. The Morgan fingerprint density at radius 2 is 2.05 bits per heavy atom. The van der Waals surface area contributed by atoms with Gasteiger partial charge >= 0.3 is 0 Å². The Kier molecular flexibility index (Phi) is 4.00. The van der Waals surface area contributed by atoms with Gasteiger partial charge < -0.3 is 5.73 Å². The van der Waals surface area contributed by atoms with Gasteiger partial charge in [-0.2, -0.15) is 10.1 Å². The second-order valence-corrected chi connectivity index (χ2v) is 5.25. The number of carbonyl (C=O) groups excluding carboxylic acids is 1. The molecule has 4 heteroatoms. The topological polar surface area (TPSA) is 58.7 Å². The van der Waals surface area contributed by atoms with Gasteiger partial charge in [0.2, 0.25) is 0 Å². The average Bonchev–Trinajstić information content (AvgIpc) is 2.69. The number of carbonyl (C=O) groups is 1. The maximum atomic E-state index is 12.5. The number of hydrogen-bond acceptors (Lipinski definition) is 3. The molecule has 1 aromatic carbocycles. The first-order valence-electron chi connectivity index (χ1n) is 6.74. The number of hydrogen-bond donors (Lipinski definition) is 1. The van der Waals surface area contributed by atoms with Crippen LogP contribution < -0.4 is 10.7 Å². The van der Waals surface area contributed by atoms with E-state index in [1.54, 1.807) is 5.01 Å². The van der Waals surface area contributed by atoms with Crippen LogP contribution in [-0.2, 0) is 4.79 Å². The second-order valence-electron chi connectivity index (χ2n) is 5.25. The Bertz CT molecular complexity index is 508. The summed E-state index contributed by atoms with van der Waals surface area (Å²) in [6.45, 7) is 6.63. The number of nitrogens with zero attached hydrogens (tertiary/aromatic N) is 2. The van der Waals surface area contributed by atoms with Crippen LogP contribution in [0.4, 0.5) is 5.69 Å². The minimum atomic E-state index is -0.162. The quantitative estimate of drug-likeness (QED) is 0.902. The van der Waals surface area contributed by atoms with Crippen LogP contribution in [0.1, 0.15) is 25.8 Å². The first-order chi connectivity index (χ1) is 9.06. The van der Waals surface area contributed by atoms with Gasteiger partial charge in [0.25, 0.3) is 5.91 Å². The molecule has 0 spiro atoms. The molecule has 0 aromatic heterocycles. The summed E-state index contributed by atoms with van der Waals surface area (Å²) in [5.74, 6) is 0.141. The van der Waals surface area contributed by atoms with Crippen molar-refractivity contribution in [1.29, 1.82) is 0 Å². The zero-order chi connectivity index (χ0) is 14.0. The zero-order valence-electron chi connectivity index (χ0n) is 11.8. The van der Waals surface area contributed by atoms with Crippen LogP contribution in [0.2, 0.25) is 0 Å². The van der Waals surface area contributed by atoms with Crippen molar-refractivity contribution in [2.75, 3.05) is 11.6 Å². The first kappa shape index (κ1) is 13.7. The molecule has 0 fully saturated rings. The lowest BCUT2D eigenvalue weighted by Crippen LogP contribution is -2.30. The van der Waals surface area contributed by atoms with E-state index in [9.17, 15) is 4.79 Å². The van der Waals surface area contributed by atoms with Crippen molar-refractivity contribution in [1.82, 2.24) is 0 Å². The fraction of sp³-hybridized carbons (Fsp3) is 0.467. The molecule has 2 rings (SSSR count). The van der Waals surface area contributed by atoms with E-state index < -0.39 is 0 Å². The molecular formula is C15H21N3O. The second kappa shape index (κ2) is 5.53. The van der Waals surface area contributed by atoms with Crippen molar-refractivity contribution in [3.8, 4) is 0 Å². The molecule has 1 amide bonds. The predicted octanol–water partition coefficient (Wildman–Crippen LogP) is 2.32. The molecule has 1 aliphatic rings. The van der Waals surface area contributed by atoms with E-state index >= 15 is 0 Å². The Balaban J connectivity index is 2.38. The van der Waals surface area contributed by atoms with Gasteiger partial charge in [0.1, 0.15) is 0 Å². The summed E-state index contributed by atoms with van der Waals surface area (Å²) in [4.78, 5) is 12.5. The van der Waals surface area contributed by atoms with Crippen LogP contribution in [0, 0.1) is 18.8 Å². The number of anilines is 1. The van der Waals surface area contributed by atoms with Crippen molar-refractivity contribution in [3.63, 3.8) is 0 Å². The van der Waals surface area contributed by atoms with Crippen LogP contribution in [-0.4, -0.2) is 18.2 Å².